The second-order valence-corrected chi connectivity index (χ2v) is 6.25. The molecule has 1 aliphatic carbocycles. The number of benzene rings is 1. The molecule has 1 aromatic carbocycles. The van der Waals surface area contributed by atoms with Crippen LogP contribution < -0.4 is 4.74 Å². The highest BCUT2D eigenvalue weighted by Crippen LogP contribution is 2.42. The molecule has 116 valence electrons. The van der Waals surface area contributed by atoms with E-state index in [0.29, 0.717) is 34.5 Å². The summed E-state index contributed by atoms with van der Waals surface area (Å²) < 4.78 is 11.2. The summed E-state index contributed by atoms with van der Waals surface area (Å²) in [7, 11) is 0. The van der Waals surface area contributed by atoms with Gasteiger partial charge >= 0.3 is 0 Å². The van der Waals surface area contributed by atoms with Crippen LogP contribution in [0.1, 0.15) is 66.7 Å². The fraction of sp³-hybridized carbons (Fsp3) is 0.438. The van der Waals surface area contributed by atoms with Gasteiger partial charge in [-0.15, -0.1) is 10.2 Å². The van der Waals surface area contributed by atoms with Gasteiger partial charge in [-0.2, -0.15) is 0 Å². The van der Waals surface area contributed by atoms with E-state index in [1.165, 1.54) is 0 Å². The van der Waals surface area contributed by atoms with Crippen LogP contribution in [0.15, 0.2) is 16.5 Å². The lowest BCUT2D eigenvalue weighted by Gasteiger charge is -2.11. The van der Waals surface area contributed by atoms with E-state index in [2.05, 4.69) is 10.2 Å². The summed E-state index contributed by atoms with van der Waals surface area (Å²) in [5.74, 6) is 1.85. The number of rotatable bonds is 4. The molecule has 0 aliphatic heterocycles. The average molecular weight is 321 g/mol. The summed E-state index contributed by atoms with van der Waals surface area (Å²) in [6.07, 6.45) is 0.466. The number of ether oxygens (including phenoxy) is 1. The number of hydrogen-bond acceptors (Lipinski definition) is 5. The normalized spacial score (nSPS) is 17.1. The predicted octanol–water partition coefficient (Wildman–Crippen LogP) is 4.12. The molecule has 0 spiro atoms. The maximum absolute atomic E-state index is 12.2. The van der Waals surface area contributed by atoms with Gasteiger partial charge in [0.05, 0.1) is 5.56 Å². The third kappa shape index (κ3) is 2.61. The zero-order chi connectivity index (χ0) is 15.9. The van der Waals surface area contributed by atoms with Crippen molar-refractivity contribution in [3.63, 3.8) is 0 Å². The minimum absolute atomic E-state index is 0.0633. The molecule has 0 saturated heterocycles. The van der Waals surface area contributed by atoms with Gasteiger partial charge in [-0.3, -0.25) is 4.79 Å². The first-order chi connectivity index (χ1) is 10.5. The second kappa shape index (κ2) is 5.72. The first-order valence-electron chi connectivity index (χ1n) is 7.28. The number of fused-ring (bicyclic) bond motifs is 1. The number of carbonyl (C=O) groups is 1. The van der Waals surface area contributed by atoms with Gasteiger partial charge in [-0.1, -0.05) is 32.4 Å². The van der Waals surface area contributed by atoms with Gasteiger partial charge in [-0.25, -0.2) is 0 Å². The molecule has 0 radical (unpaired) electrons. The van der Waals surface area contributed by atoms with Gasteiger partial charge in [-0.05, 0) is 23.6 Å². The number of halogens is 1. The van der Waals surface area contributed by atoms with Crippen molar-refractivity contribution in [3.8, 4) is 5.75 Å². The maximum Gasteiger partial charge on any atom is 0.253 e. The number of Topliss-reactive ketones (excluding diaryl/α,β-unsaturated/α-hetero) is 1. The molecule has 1 aromatic heterocycles. The zero-order valence-electron chi connectivity index (χ0n) is 12.7. The highest BCUT2D eigenvalue weighted by atomic mass is 35.5. The molecule has 0 bridgehead atoms. The topological polar surface area (TPSA) is 65.2 Å². The zero-order valence-corrected chi connectivity index (χ0v) is 13.5. The number of aromatic nitrogens is 2. The maximum atomic E-state index is 12.2. The molecule has 0 fully saturated rings. The van der Waals surface area contributed by atoms with E-state index in [1.807, 2.05) is 20.8 Å². The Kier molecular flexibility index (Phi) is 3.91. The van der Waals surface area contributed by atoms with E-state index in [9.17, 15) is 4.79 Å². The summed E-state index contributed by atoms with van der Waals surface area (Å²) in [5.41, 5.74) is 1.46. The van der Waals surface area contributed by atoms with Crippen LogP contribution in [0.2, 0.25) is 5.02 Å². The van der Waals surface area contributed by atoms with Crippen LogP contribution in [0.4, 0.5) is 0 Å². The number of hydrogen-bond donors (Lipinski definition) is 0. The Labute approximate surface area is 133 Å². The molecule has 2 aromatic rings. The van der Waals surface area contributed by atoms with Crippen molar-refractivity contribution < 1.29 is 13.9 Å². The highest BCUT2D eigenvalue weighted by molar-refractivity contribution is 6.32. The SMILES string of the molecule is CC(C)c1nnc(COc2ccc(Cl)c3c2C(=O)C[C@@H]3C)o1. The Morgan fingerprint density at radius 3 is 2.86 bits per heavy atom. The molecule has 1 aliphatic rings. The van der Waals surface area contributed by atoms with Crippen molar-refractivity contribution in [3.05, 3.63) is 40.1 Å². The van der Waals surface area contributed by atoms with Gasteiger partial charge in [0.1, 0.15) is 5.75 Å². The summed E-state index contributed by atoms with van der Waals surface area (Å²) in [6.45, 7) is 6.08. The number of nitrogens with zero attached hydrogens (tertiary/aromatic N) is 2. The summed E-state index contributed by atoms with van der Waals surface area (Å²) in [5, 5.41) is 8.51. The Morgan fingerprint density at radius 2 is 2.18 bits per heavy atom. The number of ketones is 1. The van der Waals surface area contributed by atoms with Crippen LogP contribution in [0.25, 0.3) is 0 Å². The van der Waals surface area contributed by atoms with E-state index in [1.54, 1.807) is 12.1 Å². The largest absolute Gasteiger partial charge is 0.483 e. The van der Waals surface area contributed by atoms with Crippen molar-refractivity contribution in [2.24, 2.45) is 0 Å². The minimum Gasteiger partial charge on any atom is -0.483 e. The fourth-order valence-electron chi connectivity index (χ4n) is 2.64. The van der Waals surface area contributed by atoms with Gasteiger partial charge in [0, 0.05) is 17.4 Å². The molecular weight excluding hydrogens is 304 g/mol. The van der Waals surface area contributed by atoms with Crippen LogP contribution >= 0.6 is 11.6 Å². The lowest BCUT2D eigenvalue weighted by molar-refractivity contribution is 0.0986. The Balaban J connectivity index is 1.83. The van der Waals surface area contributed by atoms with Crippen LogP contribution in [-0.4, -0.2) is 16.0 Å². The first kappa shape index (κ1) is 15.0. The van der Waals surface area contributed by atoms with Crippen LogP contribution in [-0.2, 0) is 6.61 Å². The van der Waals surface area contributed by atoms with Crippen LogP contribution in [0.5, 0.6) is 5.75 Å². The van der Waals surface area contributed by atoms with Crippen molar-refractivity contribution in [1.82, 2.24) is 10.2 Å². The summed E-state index contributed by atoms with van der Waals surface area (Å²) in [4.78, 5) is 12.2. The quantitative estimate of drug-likeness (QED) is 0.848. The molecule has 0 N–H and O–H groups in total. The summed E-state index contributed by atoms with van der Waals surface area (Å²) in [6, 6.07) is 3.48. The highest BCUT2D eigenvalue weighted by Gasteiger charge is 2.31. The van der Waals surface area contributed by atoms with Gasteiger partial charge in [0.15, 0.2) is 12.4 Å². The van der Waals surface area contributed by atoms with Crippen molar-refractivity contribution in [1.29, 1.82) is 0 Å². The van der Waals surface area contributed by atoms with Gasteiger partial charge < -0.3 is 9.15 Å². The standard InChI is InChI=1S/C16H17ClN2O3/c1-8(2)16-19-18-13(22-16)7-21-12-5-4-10(17)14-9(3)6-11(20)15(12)14/h4-5,8-9H,6-7H2,1-3H3/t9-/m0/s1. The molecule has 0 unspecified atom stereocenters. The Hall–Kier alpha value is -1.88. The predicted molar refractivity (Wildman–Crippen MR) is 81.5 cm³/mol. The van der Waals surface area contributed by atoms with Gasteiger partial charge in [0.25, 0.3) is 5.89 Å². The molecule has 0 saturated carbocycles. The molecular formula is C16H17ClN2O3. The fourth-order valence-corrected chi connectivity index (χ4v) is 2.99. The first-order valence-corrected chi connectivity index (χ1v) is 7.65. The van der Waals surface area contributed by atoms with Crippen molar-refractivity contribution in [2.75, 3.05) is 0 Å². The molecule has 3 rings (SSSR count). The smallest absolute Gasteiger partial charge is 0.253 e. The third-order valence-corrected chi connectivity index (χ3v) is 4.07. The van der Waals surface area contributed by atoms with E-state index in [0.717, 1.165) is 5.56 Å². The van der Waals surface area contributed by atoms with E-state index in [-0.39, 0.29) is 24.2 Å². The third-order valence-electron chi connectivity index (χ3n) is 3.74. The minimum atomic E-state index is 0.0633. The Bertz CT molecular complexity index is 724. The summed E-state index contributed by atoms with van der Waals surface area (Å²) >= 11 is 6.21. The van der Waals surface area contributed by atoms with Crippen LogP contribution in [0.3, 0.4) is 0 Å². The second-order valence-electron chi connectivity index (χ2n) is 5.84. The van der Waals surface area contributed by atoms with Crippen molar-refractivity contribution >= 4 is 17.4 Å². The monoisotopic (exact) mass is 320 g/mol. The molecule has 1 heterocycles. The van der Waals surface area contributed by atoms with E-state index in [4.69, 9.17) is 20.8 Å². The van der Waals surface area contributed by atoms with Crippen molar-refractivity contribution in [2.45, 2.75) is 45.6 Å². The molecule has 6 heteroatoms. The Morgan fingerprint density at radius 1 is 1.41 bits per heavy atom. The number of carbonyl (C=O) groups excluding carboxylic acids is 1. The average Bonchev–Trinajstić information content (AvgIpc) is 3.04. The lowest BCUT2D eigenvalue weighted by Crippen LogP contribution is -2.02. The van der Waals surface area contributed by atoms with E-state index >= 15 is 0 Å². The molecule has 5 nitrogen and oxygen atoms in total. The van der Waals surface area contributed by atoms with E-state index < -0.39 is 0 Å². The molecule has 1 atom stereocenters. The molecule has 22 heavy (non-hydrogen) atoms. The van der Waals surface area contributed by atoms with Gasteiger partial charge in [0.2, 0.25) is 5.89 Å². The molecule has 0 amide bonds. The lowest BCUT2D eigenvalue weighted by atomic mass is 10.0. The van der Waals surface area contributed by atoms with Crippen LogP contribution in [0, 0.1) is 0 Å².